The van der Waals surface area contributed by atoms with Crippen LogP contribution in [-0.2, 0) is 28.0 Å². The van der Waals surface area contributed by atoms with Gasteiger partial charge in [-0.3, -0.25) is 0 Å². The fourth-order valence-corrected chi connectivity index (χ4v) is 4.32. The molecule has 0 aliphatic heterocycles. The average molecular weight is 435 g/mol. The standard InChI is InChI=1S/C21H26N2O6S/c1-27-19-11-16-9-6-10-17(18(16)12-20(19)28-2)13-22-30(25,26)23-21(24)29-14-15-7-4-3-5-8-15/h3-5,7-8,11-12,17,22H,6,9-10,13-14H2,1-2H3,(H,23,24). The summed E-state index contributed by atoms with van der Waals surface area (Å²) in [7, 11) is -0.896. The molecule has 0 saturated carbocycles. The molecule has 8 nitrogen and oxygen atoms in total. The molecule has 0 bridgehead atoms. The first-order valence-corrected chi connectivity index (χ1v) is 11.1. The second-order valence-corrected chi connectivity index (χ2v) is 8.51. The number of nitrogens with one attached hydrogen (secondary N) is 2. The van der Waals surface area contributed by atoms with Crippen molar-refractivity contribution < 1.29 is 27.4 Å². The van der Waals surface area contributed by atoms with E-state index in [1.165, 1.54) is 0 Å². The predicted molar refractivity (Wildman–Crippen MR) is 112 cm³/mol. The van der Waals surface area contributed by atoms with Crippen molar-refractivity contribution in [2.75, 3.05) is 20.8 Å². The molecule has 2 N–H and O–H groups in total. The van der Waals surface area contributed by atoms with Gasteiger partial charge in [-0.25, -0.2) is 9.52 Å². The van der Waals surface area contributed by atoms with Crippen LogP contribution in [0, 0.1) is 0 Å². The van der Waals surface area contributed by atoms with Crippen LogP contribution < -0.4 is 18.9 Å². The third-order valence-electron chi connectivity index (χ3n) is 5.03. The first-order chi connectivity index (χ1) is 14.4. The van der Waals surface area contributed by atoms with Crippen molar-refractivity contribution in [3.63, 3.8) is 0 Å². The van der Waals surface area contributed by atoms with Gasteiger partial charge in [-0.05, 0) is 54.0 Å². The SMILES string of the molecule is COc1cc2c(cc1OC)C(CNS(=O)(=O)NC(=O)OCc1ccccc1)CCC2. The van der Waals surface area contributed by atoms with Gasteiger partial charge < -0.3 is 14.2 Å². The minimum absolute atomic E-state index is 0.0141. The Balaban J connectivity index is 1.59. The summed E-state index contributed by atoms with van der Waals surface area (Å²) in [5, 5.41) is 0. The zero-order chi connectivity index (χ0) is 21.6. The van der Waals surface area contributed by atoms with Gasteiger partial charge in [0.1, 0.15) is 6.61 Å². The number of fused-ring (bicyclic) bond motifs is 1. The van der Waals surface area contributed by atoms with Crippen molar-refractivity contribution in [2.24, 2.45) is 0 Å². The molecular formula is C21H26N2O6S. The van der Waals surface area contributed by atoms with E-state index in [4.69, 9.17) is 14.2 Å². The predicted octanol–water partition coefficient (Wildman–Crippen LogP) is 2.88. The van der Waals surface area contributed by atoms with Crippen molar-refractivity contribution in [2.45, 2.75) is 31.8 Å². The molecule has 3 rings (SSSR count). The van der Waals surface area contributed by atoms with Crippen LogP contribution in [0.5, 0.6) is 11.5 Å². The van der Waals surface area contributed by atoms with E-state index in [0.717, 1.165) is 36.0 Å². The topological polar surface area (TPSA) is 103 Å². The maximum Gasteiger partial charge on any atom is 0.422 e. The molecule has 1 atom stereocenters. The highest BCUT2D eigenvalue weighted by Crippen LogP contribution is 2.38. The van der Waals surface area contributed by atoms with Gasteiger partial charge in [0.15, 0.2) is 11.5 Å². The lowest BCUT2D eigenvalue weighted by Crippen LogP contribution is -2.42. The van der Waals surface area contributed by atoms with Crippen molar-refractivity contribution in [3.8, 4) is 11.5 Å². The second kappa shape index (κ2) is 9.82. The number of carbonyl (C=O) groups is 1. The van der Waals surface area contributed by atoms with Gasteiger partial charge in [0, 0.05) is 6.54 Å². The van der Waals surface area contributed by atoms with E-state index in [2.05, 4.69) is 4.72 Å². The number of hydrogen-bond acceptors (Lipinski definition) is 6. The van der Waals surface area contributed by atoms with Crippen LogP contribution in [0.1, 0.15) is 35.4 Å². The van der Waals surface area contributed by atoms with Crippen LogP contribution >= 0.6 is 0 Å². The maximum absolute atomic E-state index is 12.3. The highest BCUT2D eigenvalue weighted by molar-refractivity contribution is 7.88. The number of hydrogen-bond donors (Lipinski definition) is 2. The summed E-state index contributed by atoms with van der Waals surface area (Å²) in [5.74, 6) is 1.22. The van der Waals surface area contributed by atoms with Crippen molar-refractivity contribution in [1.82, 2.24) is 9.44 Å². The van der Waals surface area contributed by atoms with E-state index in [1.54, 1.807) is 26.4 Å². The van der Waals surface area contributed by atoms with Crippen LogP contribution in [-0.4, -0.2) is 35.3 Å². The fourth-order valence-electron chi connectivity index (χ4n) is 3.55. The Bertz CT molecular complexity index is 978. The molecule has 0 aromatic heterocycles. The van der Waals surface area contributed by atoms with Crippen LogP contribution in [0.25, 0.3) is 0 Å². The number of benzene rings is 2. The average Bonchev–Trinajstić information content (AvgIpc) is 2.75. The van der Waals surface area contributed by atoms with Gasteiger partial charge in [0.2, 0.25) is 0 Å². The molecule has 30 heavy (non-hydrogen) atoms. The van der Waals surface area contributed by atoms with Crippen molar-refractivity contribution >= 4 is 16.3 Å². The molecule has 1 unspecified atom stereocenters. The quantitative estimate of drug-likeness (QED) is 0.662. The van der Waals surface area contributed by atoms with Crippen molar-refractivity contribution in [1.29, 1.82) is 0 Å². The highest BCUT2D eigenvalue weighted by atomic mass is 32.2. The lowest BCUT2D eigenvalue weighted by Gasteiger charge is -2.27. The monoisotopic (exact) mass is 434 g/mol. The zero-order valence-electron chi connectivity index (χ0n) is 17.0. The van der Waals surface area contributed by atoms with E-state index in [1.807, 2.05) is 35.1 Å². The first kappa shape index (κ1) is 21.9. The summed E-state index contributed by atoms with van der Waals surface area (Å²) >= 11 is 0. The second-order valence-electron chi connectivity index (χ2n) is 7.01. The molecule has 0 fully saturated rings. The summed E-state index contributed by atoms with van der Waals surface area (Å²) in [5.41, 5.74) is 2.90. The zero-order valence-corrected chi connectivity index (χ0v) is 17.8. The molecule has 9 heteroatoms. The number of rotatable bonds is 8. The van der Waals surface area contributed by atoms with Crippen LogP contribution in [0.4, 0.5) is 4.79 Å². The van der Waals surface area contributed by atoms with Crippen LogP contribution in [0.2, 0.25) is 0 Å². The lowest BCUT2D eigenvalue weighted by molar-refractivity contribution is 0.146. The number of methoxy groups -OCH3 is 2. The normalized spacial score (nSPS) is 15.7. The molecular weight excluding hydrogens is 408 g/mol. The molecule has 0 radical (unpaired) electrons. The fraction of sp³-hybridized carbons (Fsp3) is 0.381. The first-order valence-electron chi connectivity index (χ1n) is 9.64. The number of amides is 1. The third kappa shape index (κ3) is 5.64. The summed E-state index contributed by atoms with van der Waals surface area (Å²) in [6.45, 7) is 0.142. The molecule has 0 heterocycles. The molecule has 2 aromatic carbocycles. The lowest BCUT2D eigenvalue weighted by atomic mass is 9.82. The molecule has 0 spiro atoms. The third-order valence-corrected chi connectivity index (χ3v) is 6.02. The Morgan fingerprint density at radius 1 is 1.10 bits per heavy atom. The van der Waals surface area contributed by atoms with Gasteiger partial charge in [0.05, 0.1) is 14.2 Å². The van der Waals surface area contributed by atoms with Gasteiger partial charge in [-0.15, -0.1) is 0 Å². The minimum atomic E-state index is -4.05. The number of carbonyl (C=O) groups excluding carboxylic acids is 1. The van der Waals surface area contributed by atoms with Gasteiger partial charge in [-0.2, -0.15) is 13.1 Å². The maximum atomic E-state index is 12.3. The molecule has 162 valence electrons. The Labute approximate surface area is 176 Å². The summed E-state index contributed by atoms with van der Waals surface area (Å²) in [4.78, 5) is 11.9. The Morgan fingerprint density at radius 3 is 2.50 bits per heavy atom. The molecule has 1 aliphatic rings. The van der Waals surface area contributed by atoms with Gasteiger partial charge >= 0.3 is 16.3 Å². The van der Waals surface area contributed by atoms with E-state index < -0.39 is 16.3 Å². The Kier molecular flexibility index (Phi) is 7.17. The molecule has 2 aromatic rings. The van der Waals surface area contributed by atoms with E-state index >= 15 is 0 Å². The van der Waals surface area contributed by atoms with Crippen LogP contribution in [0.15, 0.2) is 42.5 Å². The van der Waals surface area contributed by atoms with Crippen molar-refractivity contribution in [3.05, 3.63) is 59.2 Å². The smallest absolute Gasteiger partial charge is 0.422 e. The van der Waals surface area contributed by atoms with Gasteiger partial charge in [-0.1, -0.05) is 30.3 Å². The minimum Gasteiger partial charge on any atom is -0.493 e. The van der Waals surface area contributed by atoms with E-state index in [-0.39, 0.29) is 19.1 Å². The summed E-state index contributed by atoms with van der Waals surface area (Å²) in [6, 6.07) is 12.9. The largest absolute Gasteiger partial charge is 0.493 e. The summed E-state index contributed by atoms with van der Waals surface area (Å²) in [6.07, 6.45) is 1.62. The van der Waals surface area contributed by atoms with Crippen LogP contribution in [0.3, 0.4) is 0 Å². The Hall–Kier alpha value is -2.78. The van der Waals surface area contributed by atoms with Gasteiger partial charge in [0.25, 0.3) is 0 Å². The molecule has 1 aliphatic carbocycles. The van der Waals surface area contributed by atoms with E-state index in [0.29, 0.717) is 11.5 Å². The van der Waals surface area contributed by atoms with E-state index in [9.17, 15) is 13.2 Å². The Morgan fingerprint density at radius 2 is 1.80 bits per heavy atom. The summed E-state index contributed by atoms with van der Waals surface area (Å²) < 4.78 is 44.6. The molecule has 1 amide bonds. The molecule has 0 saturated heterocycles. The highest BCUT2D eigenvalue weighted by Gasteiger charge is 2.25. The number of ether oxygens (including phenoxy) is 3. The number of aryl methyl sites for hydroxylation is 1.